The van der Waals surface area contributed by atoms with E-state index in [1.807, 2.05) is 19.1 Å². The number of nitrogens with one attached hydrogen (secondary N) is 3. The standard InChI is InChI=1S/C39H54N6O9S/c1-22-11-9-10-12-25-20-39(25,35(48)44-55(50,51)38(7)15-16-38)43-32(46)30-19-27(53-33-24(3)40-28-14-13-26(52-8)18-29(28)41-33)21-45(30)34(47)31(23(2)17-22)42-36(49)54-37(4,5)6/h10,12-14,18,22-23,25,27,30-31H,9,11,15-17,19-21H2,1-8H3,(H,42,49)(H,43,46)(H,44,48)/b12-10-/t22-,23-,25+,27-,30+,31+,39-/m1/s1. The van der Waals surface area contributed by atoms with Gasteiger partial charge in [-0.05, 0) is 97.1 Å². The number of sulfonamides is 1. The highest BCUT2D eigenvalue weighted by molar-refractivity contribution is 7.91. The van der Waals surface area contributed by atoms with Gasteiger partial charge in [0.2, 0.25) is 27.7 Å². The van der Waals surface area contributed by atoms with Gasteiger partial charge in [0, 0.05) is 18.4 Å². The molecule has 15 nitrogen and oxygen atoms in total. The zero-order valence-corrected chi connectivity index (χ0v) is 33.7. The number of hydrogen-bond donors (Lipinski definition) is 3. The Morgan fingerprint density at radius 1 is 1.07 bits per heavy atom. The van der Waals surface area contributed by atoms with Crippen molar-refractivity contribution < 1.29 is 41.8 Å². The zero-order valence-electron chi connectivity index (χ0n) is 32.9. The molecular formula is C39H54N6O9S. The molecule has 0 bridgehead atoms. The molecule has 1 saturated heterocycles. The minimum Gasteiger partial charge on any atom is -0.497 e. The van der Waals surface area contributed by atoms with Gasteiger partial charge in [0.1, 0.15) is 40.8 Å². The fraction of sp³-hybridized carbons (Fsp3) is 0.641. The van der Waals surface area contributed by atoms with Gasteiger partial charge in [-0.15, -0.1) is 0 Å². The number of nitrogens with zero attached hydrogens (tertiary/aromatic N) is 3. The first kappa shape index (κ1) is 40.2. The molecule has 2 aromatic rings. The second kappa shape index (κ2) is 14.9. The minimum absolute atomic E-state index is 0.0212. The fourth-order valence-corrected chi connectivity index (χ4v) is 8.85. The van der Waals surface area contributed by atoms with Crippen LogP contribution in [0.3, 0.4) is 0 Å². The molecule has 3 heterocycles. The Balaban J connectivity index is 1.35. The average Bonchev–Trinajstić information content (AvgIpc) is 3.98. The van der Waals surface area contributed by atoms with Gasteiger partial charge in [-0.3, -0.25) is 19.1 Å². The molecular weight excluding hydrogens is 729 g/mol. The second-order valence-electron chi connectivity index (χ2n) is 17.1. The van der Waals surface area contributed by atoms with E-state index in [4.69, 9.17) is 14.2 Å². The van der Waals surface area contributed by atoms with E-state index < -0.39 is 73.8 Å². The summed E-state index contributed by atoms with van der Waals surface area (Å²) < 4.78 is 44.9. The van der Waals surface area contributed by atoms with Crippen LogP contribution in [-0.2, 0) is 29.1 Å². The molecule has 7 atom stereocenters. The van der Waals surface area contributed by atoms with Gasteiger partial charge in [0.15, 0.2) is 0 Å². The van der Waals surface area contributed by atoms with Gasteiger partial charge in [0.25, 0.3) is 5.91 Å². The highest BCUT2D eigenvalue weighted by Crippen LogP contribution is 2.47. The van der Waals surface area contributed by atoms with Gasteiger partial charge in [0.05, 0.1) is 29.4 Å². The van der Waals surface area contributed by atoms with Gasteiger partial charge in [-0.25, -0.2) is 23.2 Å². The summed E-state index contributed by atoms with van der Waals surface area (Å²) in [7, 11) is -2.45. The summed E-state index contributed by atoms with van der Waals surface area (Å²) in [5, 5.41) is 5.70. The van der Waals surface area contributed by atoms with Crippen molar-refractivity contribution in [2.24, 2.45) is 17.8 Å². The lowest BCUT2D eigenvalue weighted by atomic mass is 9.88. The van der Waals surface area contributed by atoms with Crippen molar-refractivity contribution in [3.8, 4) is 11.6 Å². The highest BCUT2D eigenvalue weighted by Gasteiger charge is 2.63. The molecule has 3 fully saturated rings. The molecule has 0 unspecified atom stereocenters. The van der Waals surface area contributed by atoms with E-state index in [1.54, 1.807) is 59.9 Å². The molecule has 2 saturated carbocycles. The normalized spacial score (nSPS) is 30.1. The molecule has 2 aliphatic carbocycles. The van der Waals surface area contributed by atoms with Crippen molar-refractivity contribution in [2.75, 3.05) is 13.7 Å². The second-order valence-corrected chi connectivity index (χ2v) is 19.3. The van der Waals surface area contributed by atoms with Crippen molar-refractivity contribution in [1.29, 1.82) is 0 Å². The number of rotatable bonds is 7. The summed E-state index contributed by atoms with van der Waals surface area (Å²) >= 11 is 0. The van der Waals surface area contributed by atoms with E-state index >= 15 is 0 Å². The quantitative estimate of drug-likeness (QED) is 0.343. The first-order valence-electron chi connectivity index (χ1n) is 19.1. The van der Waals surface area contributed by atoms with Crippen LogP contribution in [0.1, 0.15) is 92.2 Å². The Hall–Kier alpha value is -4.47. The molecule has 0 radical (unpaired) electrons. The van der Waals surface area contributed by atoms with Crippen LogP contribution in [0.25, 0.3) is 11.0 Å². The van der Waals surface area contributed by atoms with Gasteiger partial charge < -0.3 is 29.7 Å². The fourth-order valence-electron chi connectivity index (χ4n) is 7.53. The number of carbonyl (C=O) groups is 4. The van der Waals surface area contributed by atoms with E-state index in [2.05, 4.69) is 32.2 Å². The van der Waals surface area contributed by atoms with Gasteiger partial charge >= 0.3 is 6.09 Å². The Kier molecular flexibility index (Phi) is 10.9. The third-order valence-electron chi connectivity index (χ3n) is 11.2. The topological polar surface area (TPSA) is 195 Å². The molecule has 3 N–H and O–H groups in total. The first-order valence-corrected chi connectivity index (χ1v) is 20.6. The van der Waals surface area contributed by atoms with Crippen LogP contribution in [0.5, 0.6) is 11.6 Å². The lowest BCUT2D eigenvalue weighted by Gasteiger charge is -2.33. The molecule has 6 rings (SSSR count). The maximum atomic E-state index is 14.8. The number of fused-ring (bicyclic) bond motifs is 3. The largest absolute Gasteiger partial charge is 0.497 e. The molecule has 4 aliphatic rings. The summed E-state index contributed by atoms with van der Waals surface area (Å²) in [6.45, 7) is 12.4. The van der Waals surface area contributed by atoms with Crippen LogP contribution in [0, 0.1) is 24.7 Å². The Morgan fingerprint density at radius 2 is 1.80 bits per heavy atom. The Labute approximate surface area is 322 Å². The first-order chi connectivity index (χ1) is 25.7. The highest BCUT2D eigenvalue weighted by atomic mass is 32.2. The van der Waals surface area contributed by atoms with Crippen molar-refractivity contribution >= 4 is 44.9 Å². The lowest BCUT2D eigenvalue weighted by molar-refractivity contribution is -0.142. The number of aryl methyl sites for hydroxylation is 1. The van der Waals surface area contributed by atoms with Crippen LogP contribution < -0.4 is 24.8 Å². The molecule has 4 amide bonds. The number of benzene rings is 1. The molecule has 1 aromatic heterocycles. The third kappa shape index (κ3) is 8.68. The van der Waals surface area contributed by atoms with Gasteiger partial charge in [-0.2, -0.15) is 0 Å². The Morgan fingerprint density at radius 3 is 2.47 bits per heavy atom. The summed E-state index contributed by atoms with van der Waals surface area (Å²) in [5.41, 5.74) is -0.700. The predicted molar refractivity (Wildman–Crippen MR) is 204 cm³/mol. The monoisotopic (exact) mass is 782 g/mol. The maximum Gasteiger partial charge on any atom is 0.408 e. The third-order valence-corrected chi connectivity index (χ3v) is 13.4. The van der Waals surface area contributed by atoms with Gasteiger partial charge in [-0.1, -0.05) is 26.0 Å². The van der Waals surface area contributed by atoms with E-state index in [1.165, 1.54) is 4.90 Å². The number of alkyl carbamates (subject to hydrolysis) is 1. The number of allylic oxidation sites excluding steroid dienone is 1. The van der Waals surface area contributed by atoms with E-state index in [-0.39, 0.29) is 37.1 Å². The Bertz CT molecular complexity index is 1990. The van der Waals surface area contributed by atoms with Crippen LogP contribution in [0.15, 0.2) is 30.4 Å². The van der Waals surface area contributed by atoms with Crippen molar-refractivity contribution in [3.63, 3.8) is 0 Å². The molecule has 16 heteroatoms. The minimum atomic E-state index is -4.00. The summed E-state index contributed by atoms with van der Waals surface area (Å²) in [4.78, 5) is 67.0. The number of aromatic nitrogens is 2. The number of ether oxygens (including phenoxy) is 3. The average molecular weight is 783 g/mol. The van der Waals surface area contributed by atoms with E-state index in [9.17, 15) is 27.6 Å². The molecule has 300 valence electrons. The SMILES string of the molecule is COc1ccc2nc(C)c(O[C@@H]3C[C@H]4C(=O)N[C@]5(C(=O)NS(=O)(=O)C6(C)CC6)C[C@@H]5/C=C\CC[C@@H](C)C[C@@H](C)[C@H](NC(=O)OC(C)(C)C)C(=O)N4C3)nc2c1. The van der Waals surface area contributed by atoms with Crippen LogP contribution >= 0.6 is 0 Å². The van der Waals surface area contributed by atoms with Crippen LogP contribution in [0.4, 0.5) is 4.79 Å². The number of carbonyl (C=O) groups excluding carboxylic acids is 4. The molecule has 55 heavy (non-hydrogen) atoms. The number of amides is 4. The van der Waals surface area contributed by atoms with E-state index in [0.717, 1.165) is 6.42 Å². The molecule has 2 aliphatic heterocycles. The van der Waals surface area contributed by atoms with E-state index in [0.29, 0.717) is 48.2 Å². The van der Waals surface area contributed by atoms with Crippen molar-refractivity contribution in [3.05, 3.63) is 36.0 Å². The van der Waals surface area contributed by atoms with Crippen molar-refractivity contribution in [2.45, 2.75) is 127 Å². The summed E-state index contributed by atoms with van der Waals surface area (Å²) in [6, 6.07) is 3.10. The molecule has 1 aromatic carbocycles. The van der Waals surface area contributed by atoms with Crippen LogP contribution in [0.2, 0.25) is 0 Å². The lowest BCUT2D eigenvalue weighted by Crippen LogP contribution is -2.59. The van der Waals surface area contributed by atoms with Crippen LogP contribution in [-0.4, -0.2) is 94.8 Å². The smallest absolute Gasteiger partial charge is 0.408 e. The number of hydrogen-bond acceptors (Lipinski definition) is 11. The summed E-state index contributed by atoms with van der Waals surface area (Å²) in [6.07, 6.45) is 5.43. The maximum absolute atomic E-state index is 14.8. The summed E-state index contributed by atoms with van der Waals surface area (Å²) in [5.74, 6) is -1.81. The predicted octanol–water partition coefficient (Wildman–Crippen LogP) is 4.07. The number of methoxy groups -OCH3 is 1. The zero-order chi connectivity index (χ0) is 40.1. The van der Waals surface area contributed by atoms with Crippen molar-refractivity contribution in [1.82, 2.24) is 30.2 Å². The molecule has 0 spiro atoms.